The van der Waals surface area contributed by atoms with Crippen molar-refractivity contribution in [2.45, 2.75) is 33.6 Å². The number of carbonyl (C=O) groups is 1. The first-order chi connectivity index (χ1) is 9.52. The zero-order chi connectivity index (χ0) is 14.6. The van der Waals surface area contributed by atoms with Crippen molar-refractivity contribution < 1.29 is 9.21 Å². The van der Waals surface area contributed by atoms with Gasteiger partial charge in [0.2, 0.25) is 0 Å². The lowest BCUT2D eigenvalue weighted by Crippen LogP contribution is -2.49. The molecule has 2 heterocycles. The summed E-state index contributed by atoms with van der Waals surface area (Å²) in [5, 5.41) is 0. The molecule has 0 unspecified atom stereocenters. The van der Waals surface area contributed by atoms with Crippen molar-refractivity contribution in [2.24, 2.45) is 5.41 Å². The molecule has 0 bridgehead atoms. The maximum absolute atomic E-state index is 12.1. The minimum atomic E-state index is 0.0172. The Bertz CT molecular complexity index is 418. The third-order valence-electron chi connectivity index (χ3n) is 4.45. The lowest BCUT2D eigenvalue weighted by atomic mass is 9.86. The fourth-order valence-corrected chi connectivity index (χ4v) is 2.37. The van der Waals surface area contributed by atoms with Crippen LogP contribution in [0.3, 0.4) is 0 Å². The van der Waals surface area contributed by atoms with Crippen molar-refractivity contribution in [2.75, 3.05) is 32.7 Å². The average Bonchev–Trinajstić information content (AvgIpc) is 2.99. The molecule has 0 radical (unpaired) electrons. The van der Waals surface area contributed by atoms with E-state index in [9.17, 15) is 4.79 Å². The van der Waals surface area contributed by atoms with Gasteiger partial charge in [0.25, 0.3) is 5.91 Å². The Balaban J connectivity index is 1.77. The number of furan rings is 1. The molecule has 1 amide bonds. The van der Waals surface area contributed by atoms with Crippen molar-refractivity contribution in [3.05, 3.63) is 24.2 Å². The van der Waals surface area contributed by atoms with Gasteiger partial charge in [0.05, 0.1) is 6.26 Å². The minimum absolute atomic E-state index is 0.0172. The first-order valence-corrected chi connectivity index (χ1v) is 7.57. The average molecular weight is 278 g/mol. The topological polar surface area (TPSA) is 36.7 Å². The predicted molar refractivity (Wildman–Crippen MR) is 79.7 cm³/mol. The van der Waals surface area contributed by atoms with Gasteiger partial charge >= 0.3 is 0 Å². The second-order valence-electron chi connectivity index (χ2n) is 6.38. The third-order valence-corrected chi connectivity index (χ3v) is 4.45. The van der Waals surface area contributed by atoms with Gasteiger partial charge in [-0.2, -0.15) is 0 Å². The van der Waals surface area contributed by atoms with Crippen LogP contribution in [0.15, 0.2) is 22.8 Å². The quantitative estimate of drug-likeness (QED) is 0.831. The summed E-state index contributed by atoms with van der Waals surface area (Å²) in [5.41, 5.74) is 0.418. The Labute approximate surface area is 121 Å². The number of carbonyl (C=O) groups excluding carboxylic acids is 1. The van der Waals surface area contributed by atoms with E-state index in [4.69, 9.17) is 4.42 Å². The molecule has 1 fully saturated rings. The molecule has 0 spiro atoms. The zero-order valence-electron chi connectivity index (χ0n) is 12.9. The summed E-state index contributed by atoms with van der Waals surface area (Å²) in [6, 6.07) is 3.49. The third kappa shape index (κ3) is 3.85. The number of hydrogen-bond acceptors (Lipinski definition) is 3. The van der Waals surface area contributed by atoms with Crippen LogP contribution in [0, 0.1) is 5.41 Å². The van der Waals surface area contributed by atoms with E-state index in [0.29, 0.717) is 11.2 Å². The van der Waals surface area contributed by atoms with Gasteiger partial charge in [0.1, 0.15) is 0 Å². The molecule has 4 nitrogen and oxygen atoms in total. The molecule has 2 rings (SSSR count). The molecule has 1 aromatic rings. The summed E-state index contributed by atoms with van der Waals surface area (Å²) in [5.74, 6) is 0.467. The van der Waals surface area contributed by atoms with Gasteiger partial charge < -0.3 is 9.32 Å². The maximum atomic E-state index is 12.1. The summed E-state index contributed by atoms with van der Waals surface area (Å²) in [4.78, 5) is 16.5. The Morgan fingerprint density at radius 1 is 1.30 bits per heavy atom. The molecule has 112 valence electrons. The van der Waals surface area contributed by atoms with Crippen molar-refractivity contribution in [1.29, 1.82) is 0 Å². The van der Waals surface area contributed by atoms with Gasteiger partial charge in [-0.05, 0) is 30.5 Å². The van der Waals surface area contributed by atoms with Crippen LogP contribution in [0.1, 0.15) is 44.2 Å². The van der Waals surface area contributed by atoms with Crippen LogP contribution >= 0.6 is 0 Å². The lowest BCUT2D eigenvalue weighted by molar-refractivity contribution is 0.0590. The number of piperazine rings is 1. The SMILES string of the molecule is CCC(C)(C)CCN1CCN(C(=O)c2ccco2)CC1. The van der Waals surface area contributed by atoms with Crippen LogP contribution in [-0.2, 0) is 0 Å². The van der Waals surface area contributed by atoms with Crippen LogP contribution in [0.2, 0.25) is 0 Å². The van der Waals surface area contributed by atoms with Crippen molar-refractivity contribution >= 4 is 5.91 Å². The van der Waals surface area contributed by atoms with Gasteiger partial charge in [-0.3, -0.25) is 9.69 Å². The van der Waals surface area contributed by atoms with Crippen LogP contribution in [0.4, 0.5) is 0 Å². The summed E-state index contributed by atoms with van der Waals surface area (Å²) in [7, 11) is 0. The van der Waals surface area contributed by atoms with E-state index in [1.165, 1.54) is 12.8 Å². The first kappa shape index (κ1) is 15.1. The molecule has 1 aliphatic heterocycles. The molecule has 0 aromatic carbocycles. The molecule has 1 aliphatic rings. The number of nitrogens with zero attached hydrogens (tertiary/aromatic N) is 2. The Hall–Kier alpha value is -1.29. The fourth-order valence-electron chi connectivity index (χ4n) is 2.37. The maximum Gasteiger partial charge on any atom is 0.289 e. The summed E-state index contributed by atoms with van der Waals surface area (Å²) >= 11 is 0. The summed E-state index contributed by atoms with van der Waals surface area (Å²) < 4.78 is 5.18. The molecule has 1 aromatic heterocycles. The van der Waals surface area contributed by atoms with Crippen LogP contribution in [0.25, 0.3) is 0 Å². The van der Waals surface area contributed by atoms with E-state index in [1.807, 2.05) is 4.90 Å². The summed E-state index contributed by atoms with van der Waals surface area (Å²) in [6.45, 7) is 11.5. The largest absolute Gasteiger partial charge is 0.459 e. The van der Waals surface area contributed by atoms with Crippen LogP contribution in [-0.4, -0.2) is 48.4 Å². The van der Waals surface area contributed by atoms with Crippen LogP contribution in [0.5, 0.6) is 0 Å². The monoisotopic (exact) mass is 278 g/mol. The Kier molecular flexibility index (Phi) is 4.86. The van der Waals surface area contributed by atoms with Crippen LogP contribution < -0.4 is 0 Å². The normalized spacial score (nSPS) is 17.4. The molecule has 20 heavy (non-hydrogen) atoms. The highest BCUT2D eigenvalue weighted by Gasteiger charge is 2.24. The molecule has 0 saturated carbocycles. The number of rotatable bonds is 5. The minimum Gasteiger partial charge on any atom is -0.459 e. The van der Waals surface area contributed by atoms with Crippen molar-refractivity contribution in [1.82, 2.24) is 9.80 Å². The van der Waals surface area contributed by atoms with E-state index in [-0.39, 0.29) is 5.91 Å². The van der Waals surface area contributed by atoms with Crippen molar-refractivity contribution in [3.8, 4) is 0 Å². The number of hydrogen-bond donors (Lipinski definition) is 0. The standard InChI is InChI=1S/C16H26N2O2/c1-4-16(2,3)7-8-17-9-11-18(12-10-17)15(19)14-6-5-13-20-14/h5-6,13H,4,7-12H2,1-3H3. The molecular weight excluding hydrogens is 252 g/mol. The highest BCUT2D eigenvalue weighted by molar-refractivity contribution is 5.91. The molecule has 4 heteroatoms. The first-order valence-electron chi connectivity index (χ1n) is 7.57. The van der Waals surface area contributed by atoms with Crippen molar-refractivity contribution in [3.63, 3.8) is 0 Å². The highest BCUT2D eigenvalue weighted by Crippen LogP contribution is 2.24. The fraction of sp³-hybridized carbons (Fsp3) is 0.688. The van der Waals surface area contributed by atoms with Gasteiger partial charge in [0, 0.05) is 26.2 Å². The molecular formula is C16H26N2O2. The second kappa shape index (κ2) is 6.44. The molecule has 1 saturated heterocycles. The molecule has 0 N–H and O–H groups in total. The van der Waals surface area contributed by atoms with Gasteiger partial charge in [0.15, 0.2) is 5.76 Å². The smallest absolute Gasteiger partial charge is 0.289 e. The molecule has 0 aliphatic carbocycles. The summed E-state index contributed by atoms with van der Waals surface area (Å²) in [6.07, 6.45) is 3.98. The lowest BCUT2D eigenvalue weighted by Gasteiger charge is -2.36. The van der Waals surface area contributed by atoms with Gasteiger partial charge in [-0.1, -0.05) is 27.2 Å². The highest BCUT2D eigenvalue weighted by atomic mass is 16.3. The van der Waals surface area contributed by atoms with E-state index < -0.39 is 0 Å². The molecule has 0 atom stereocenters. The zero-order valence-corrected chi connectivity index (χ0v) is 12.9. The predicted octanol–water partition coefficient (Wildman–Crippen LogP) is 2.86. The van der Waals surface area contributed by atoms with E-state index in [0.717, 1.165) is 32.7 Å². The van der Waals surface area contributed by atoms with E-state index in [1.54, 1.807) is 18.4 Å². The Morgan fingerprint density at radius 2 is 2.00 bits per heavy atom. The second-order valence-corrected chi connectivity index (χ2v) is 6.38. The van der Waals surface area contributed by atoms with Gasteiger partial charge in [-0.25, -0.2) is 0 Å². The van der Waals surface area contributed by atoms with E-state index in [2.05, 4.69) is 25.7 Å². The Morgan fingerprint density at radius 3 is 2.55 bits per heavy atom. The van der Waals surface area contributed by atoms with Gasteiger partial charge in [-0.15, -0.1) is 0 Å². The number of amides is 1. The van der Waals surface area contributed by atoms with E-state index >= 15 is 0 Å².